The highest BCUT2D eigenvalue weighted by molar-refractivity contribution is 5.83. The van der Waals surface area contributed by atoms with Gasteiger partial charge in [-0.25, -0.2) is 4.79 Å². The summed E-state index contributed by atoms with van der Waals surface area (Å²) in [7, 11) is 0. The number of carbonyl (C=O) groups excluding carboxylic acids is 1. The lowest BCUT2D eigenvalue weighted by Gasteiger charge is -2.36. The van der Waals surface area contributed by atoms with Crippen LogP contribution in [0, 0.1) is 12.3 Å². The molecule has 0 aromatic carbocycles. The van der Waals surface area contributed by atoms with Gasteiger partial charge < -0.3 is 9.47 Å². The molecule has 2 aliphatic carbocycles. The lowest BCUT2D eigenvalue weighted by atomic mass is 9.86. The van der Waals surface area contributed by atoms with Gasteiger partial charge in [0.15, 0.2) is 0 Å². The number of hydrogen-bond donors (Lipinski definition) is 0. The van der Waals surface area contributed by atoms with E-state index >= 15 is 0 Å². The molecule has 0 aromatic rings. The molecule has 0 bridgehead atoms. The minimum absolute atomic E-state index is 0.155. The first-order chi connectivity index (χ1) is 14.0. The molecule has 2 rings (SSSR count). The zero-order valence-corrected chi connectivity index (χ0v) is 18.6. The fourth-order valence-electron chi connectivity index (χ4n) is 4.27. The molecule has 0 saturated heterocycles. The van der Waals surface area contributed by atoms with E-state index in [0.29, 0.717) is 6.61 Å². The molecule has 2 aliphatic rings. The van der Waals surface area contributed by atoms with Crippen molar-refractivity contribution in [2.45, 2.75) is 103 Å². The molecule has 160 valence electrons. The Morgan fingerprint density at radius 1 is 1.17 bits per heavy atom. The molecule has 3 nitrogen and oxygen atoms in total. The van der Waals surface area contributed by atoms with Crippen LogP contribution in [0.15, 0.2) is 34.6 Å². The van der Waals surface area contributed by atoms with Gasteiger partial charge in [0, 0.05) is 17.2 Å². The topological polar surface area (TPSA) is 35.5 Å². The molecule has 0 radical (unpaired) electrons. The van der Waals surface area contributed by atoms with Crippen LogP contribution in [0.1, 0.15) is 97.8 Å². The number of unbranched alkanes of at least 4 members (excludes halogenated alkanes) is 3. The molecule has 0 unspecified atom stereocenters. The van der Waals surface area contributed by atoms with Crippen LogP contribution >= 0.6 is 0 Å². The maximum Gasteiger partial charge on any atom is 0.331 e. The number of hydrogen-bond acceptors (Lipinski definition) is 3. The highest BCUT2D eigenvalue weighted by atomic mass is 16.5. The molecule has 0 N–H and O–H groups in total. The molecular weight excluding hydrogens is 360 g/mol. The van der Waals surface area contributed by atoms with Crippen molar-refractivity contribution in [1.82, 2.24) is 0 Å². The van der Waals surface area contributed by atoms with Gasteiger partial charge in [0.1, 0.15) is 11.4 Å². The van der Waals surface area contributed by atoms with E-state index in [4.69, 9.17) is 15.9 Å². The quantitative estimate of drug-likeness (QED) is 0.186. The van der Waals surface area contributed by atoms with Crippen LogP contribution in [0.25, 0.3) is 0 Å². The maximum absolute atomic E-state index is 12.0. The Hall–Kier alpha value is -1.95. The summed E-state index contributed by atoms with van der Waals surface area (Å²) in [5.74, 6) is 3.51. The monoisotopic (exact) mass is 398 g/mol. The van der Waals surface area contributed by atoms with Gasteiger partial charge in [-0.15, -0.1) is 6.42 Å². The van der Waals surface area contributed by atoms with Gasteiger partial charge in [0.2, 0.25) is 0 Å². The number of esters is 1. The molecule has 0 heterocycles. The standard InChI is InChI=1S/C26H38O3/c1-5-8-9-11-14-23-22(6-2)16-15-21(20-25(27)28-7-3)19-24(23)29-26(4)17-12-10-13-18-26/h2,19-20H,5,7-18H2,1,3-4H3/b21-20+. The van der Waals surface area contributed by atoms with E-state index in [1.165, 1.54) is 44.1 Å². The molecule has 0 amide bonds. The van der Waals surface area contributed by atoms with Gasteiger partial charge in [0.05, 0.1) is 6.61 Å². The first kappa shape index (κ1) is 23.3. The normalized spacial score (nSPS) is 20.6. The number of carbonyl (C=O) groups is 1. The van der Waals surface area contributed by atoms with Gasteiger partial charge in [-0.1, -0.05) is 38.5 Å². The Morgan fingerprint density at radius 3 is 2.59 bits per heavy atom. The van der Waals surface area contributed by atoms with Crippen molar-refractivity contribution in [1.29, 1.82) is 0 Å². The van der Waals surface area contributed by atoms with Gasteiger partial charge in [-0.05, 0) is 76.9 Å². The van der Waals surface area contributed by atoms with Crippen LogP contribution in [0.4, 0.5) is 0 Å². The Balaban J connectivity index is 2.33. The zero-order valence-electron chi connectivity index (χ0n) is 18.6. The Kier molecular flexibility index (Phi) is 9.58. The second-order valence-corrected chi connectivity index (χ2v) is 8.50. The third-order valence-electron chi connectivity index (χ3n) is 5.95. The third kappa shape index (κ3) is 7.42. The second-order valence-electron chi connectivity index (χ2n) is 8.50. The first-order valence-corrected chi connectivity index (χ1v) is 11.5. The van der Waals surface area contributed by atoms with E-state index in [9.17, 15) is 4.79 Å². The van der Waals surface area contributed by atoms with Crippen LogP contribution in [-0.2, 0) is 14.3 Å². The SMILES string of the molecule is C#CC1=C(CCCCCC)C(OC2(C)CCCCC2)=C/C(=C/C(=O)OCC)CC1. The zero-order chi connectivity index (χ0) is 21.1. The van der Waals surface area contributed by atoms with Crippen LogP contribution in [0.2, 0.25) is 0 Å². The molecule has 1 saturated carbocycles. The predicted octanol–water partition coefficient (Wildman–Crippen LogP) is 6.79. The molecule has 0 spiro atoms. The summed E-state index contributed by atoms with van der Waals surface area (Å²) in [5, 5.41) is 0. The molecule has 0 atom stereocenters. The van der Waals surface area contributed by atoms with Crippen molar-refractivity contribution in [2.24, 2.45) is 0 Å². The Morgan fingerprint density at radius 2 is 1.93 bits per heavy atom. The van der Waals surface area contributed by atoms with Crippen molar-refractivity contribution in [3.63, 3.8) is 0 Å². The number of rotatable bonds is 9. The molecule has 0 aromatic heterocycles. The number of allylic oxidation sites excluding steroid dienone is 4. The molecule has 29 heavy (non-hydrogen) atoms. The summed E-state index contributed by atoms with van der Waals surface area (Å²) in [6, 6.07) is 0. The average Bonchev–Trinajstić information content (AvgIpc) is 2.84. The van der Waals surface area contributed by atoms with Crippen molar-refractivity contribution in [2.75, 3.05) is 6.61 Å². The van der Waals surface area contributed by atoms with Crippen LogP contribution < -0.4 is 0 Å². The van der Waals surface area contributed by atoms with E-state index in [1.54, 1.807) is 6.08 Å². The smallest absolute Gasteiger partial charge is 0.331 e. The van der Waals surface area contributed by atoms with E-state index in [0.717, 1.165) is 55.4 Å². The summed E-state index contributed by atoms with van der Waals surface area (Å²) in [6.45, 7) is 6.65. The summed E-state index contributed by atoms with van der Waals surface area (Å²) in [5.41, 5.74) is 2.98. The van der Waals surface area contributed by atoms with E-state index < -0.39 is 0 Å². The first-order valence-electron chi connectivity index (χ1n) is 11.5. The third-order valence-corrected chi connectivity index (χ3v) is 5.95. The fourth-order valence-corrected chi connectivity index (χ4v) is 4.27. The fraction of sp³-hybridized carbons (Fsp3) is 0.654. The maximum atomic E-state index is 12.0. The van der Waals surface area contributed by atoms with Crippen molar-refractivity contribution >= 4 is 5.97 Å². The minimum atomic E-state index is -0.296. The van der Waals surface area contributed by atoms with Gasteiger partial charge in [-0.2, -0.15) is 0 Å². The van der Waals surface area contributed by atoms with E-state index in [-0.39, 0.29) is 11.6 Å². The summed E-state index contributed by atoms with van der Waals surface area (Å²) >= 11 is 0. The van der Waals surface area contributed by atoms with Crippen LogP contribution in [0.3, 0.4) is 0 Å². The predicted molar refractivity (Wildman–Crippen MR) is 119 cm³/mol. The van der Waals surface area contributed by atoms with Gasteiger partial charge in [-0.3, -0.25) is 0 Å². The van der Waals surface area contributed by atoms with Crippen LogP contribution in [-0.4, -0.2) is 18.2 Å². The van der Waals surface area contributed by atoms with Crippen molar-refractivity contribution in [3.8, 4) is 12.3 Å². The molecule has 0 aliphatic heterocycles. The van der Waals surface area contributed by atoms with E-state index in [2.05, 4.69) is 25.8 Å². The van der Waals surface area contributed by atoms with Crippen molar-refractivity contribution in [3.05, 3.63) is 34.6 Å². The number of terminal acetylenes is 1. The van der Waals surface area contributed by atoms with Crippen molar-refractivity contribution < 1.29 is 14.3 Å². The van der Waals surface area contributed by atoms with Crippen LogP contribution in [0.5, 0.6) is 0 Å². The lowest BCUT2D eigenvalue weighted by molar-refractivity contribution is -0.137. The average molecular weight is 399 g/mol. The molecular formula is C26H38O3. The summed E-state index contributed by atoms with van der Waals surface area (Å²) in [6.07, 6.45) is 22.6. The van der Waals surface area contributed by atoms with E-state index in [1.807, 2.05) is 6.92 Å². The largest absolute Gasteiger partial charge is 0.487 e. The highest BCUT2D eigenvalue weighted by Gasteiger charge is 2.31. The lowest BCUT2D eigenvalue weighted by Crippen LogP contribution is -2.31. The minimum Gasteiger partial charge on any atom is -0.487 e. The number of ether oxygens (including phenoxy) is 2. The van der Waals surface area contributed by atoms with Gasteiger partial charge in [0.25, 0.3) is 0 Å². The summed E-state index contributed by atoms with van der Waals surface area (Å²) < 4.78 is 11.8. The summed E-state index contributed by atoms with van der Waals surface area (Å²) in [4.78, 5) is 12.0. The highest BCUT2D eigenvalue weighted by Crippen LogP contribution is 2.38. The Labute approximate surface area is 177 Å². The Bertz CT molecular complexity index is 681. The molecule has 1 fully saturated rings. The second kappa shape index (κ2) is 11.9. The molecule has 3 heteroatoms. The van der Waals surface area contributed by atoms with Gasteiger partial charge >= 0.3 is 5.97 Å².